The van der Waals surface area contributed by atoms with Crippen molar-refractivity contribution in [2.45, 2.75) is 19.4 Å². The quantitative estimate of drug-likeness (QED) is 0.395. The van der Waals surface area contributed by atoms with E-state index < -0.39 is 30.4 Å². The monoisotopic (exact) mass is 484 g/mol. The summed E-state index contributed by atoms with van der Waals surface area (Å²) in [6.45, 7) is 1.34. The lowest BCUT2D eigenvalue weighted by Gasteiger charge is -2.20. The third-order valence-corrected chi connectivity index (χ3v) is 4.69. The number of esters is 1. The molecule has 0 spiro atoms. The minimum absolute atomic E-state index is 0.0477. The molecule has 2 rings (SSSR count). The Morgan fingerprint density at radius 3 is 2.59 bits per heavy atom. The van der Waals surface area contributed by atoms with Crippen LogP contribution in [0.4, 0.5) is 5.69 Å². The maximum atomic E-state index is 12.5. The Hall–Kier alpha value is -3.24. The molecule has 32 heavy (non-hydrogen) atoms. The second kappa shape index (κ2) is 11.4. The Morgan fingerprint density at radius 1 is 1.25 bits per heavy atom. The van der Waals surface area contributed by atoms with Crippen LogP contribution < -0.4 is 21.1 Å². The van der Waals surface area contributed by atoms with E-state index in [0.717, 1.165) is 0 Å². The van der Waals surface area contributed by atoms with Gasteiger partial charge in [0, 0.05) is 16.8 Å². The normalized spacial score (nSPS) is 11.4. The van der Waals surface area contributed by atoms with E-state index in [1.54, 1.807) is 6.92 Å². The van der Waals surface area contributed by atoms with Gasteiger partial charge >= 0.3 is 5.97 Å². The number of rotatable bonds is 9. The molecule has 1 atom stereocenters. The van der Waals surface area contributed by atoms with Crippen molar-refractivity contribution in [2.75, 3.05) is 26.0 Å². The summed E-state index contributed by atoms with van der Waals surface area (Å²) in [5.74, 6) is -2.03. The molecule has 1 heterocycles. The molecule has 2 aromatic rings. The third-order valence-electron chi connectivity index (χ3n) is 4.19. The van der Waals surface area contributed by atoms with Crippen molar-refractivity contribution < 1.29 is 29.0 Å². The van der Waals surface area contributed by atoms with Crippen molar-refractivity contribution in [3.05, 3.63) is 45.6 Å². The van der Waals surface area contributed by atoms with Crippen LogP contribution in [0.2, 0.25) is 10.0 Å². The first-order chi connectivity index (χ1) is 15.2. The molecule has 172 valence electrons. The van der Waals surface area contributed by atoms with Crippen molar-refractivity contribution in [1.82, 2.24) is 15.6 Å². The van der Waals surface area contributed by atoms with E-state index >= 15 is 0 Å². The summed E-state index contributed by atoms with van der Waals surface area (Å²) in [5, 5.41) is 15.4. The van der Waals surface area contributed by atoms with Crippen molar-refractivity contribution in [3.63, 3.8) is 0 Å². The van der Waals surface area contributed by atoms with Gasteiger partial charge in [0.05, 0.1) is 49.0 Å². The molecular formula is C20H22Cl2N4O6. The molecule has 0 aliphatic carbocycles. The number of nitrogens with zero attached hydrogens (tertiary/aromatic N) is 1. The number of phenols is 1. The highest BCUT2D eigenvalue weighted by atomic mass is 35.5. The summed E-state index contributed by atoms with van der Waals surface area (Å²) < 4.78 is 9.86. The van der Waals surface area contributed by atoms with Gasteiger partial charge in [0.1, 0.15) is 5.75 Å². The summed E-state index contributed by atoms with van der Waals surface area (Å²) >= 11 is 12.0. The number of benzene rings is 1. The fourth-order valence-corrected chi connectivity index (χ4v) is 3.26. The topological polar surface area (TPSA) is 153 Å². The minimum Gasteiger partial charge on any atom is -0.506 e. The number of methoxy groups -OCH3 is 1. The number of carbonyl (C=O) groups excluding carboxylic acids is 3. The number of carbonyl (C=O) groups is 3. The Labute approximate surface area is 194 Å². The predicted molar refractivity (Wildman–Crippen MR) is 118 cm³/mol. The van der Waals surface area contributed by atoms with Gasteiger partial charge in [0.25, 0.3) is 5.91 Å². The highest BCUT2D eigenvalue weighted by Crippen LogP contribution is 2.36. The lowest BCUT2D eigenvalue weighted by atomic mass is 10.0. The maximum absolute atomic E-state index is 12.5. The standard InChI is InChI=1S/C20H22Cl2N4O6/c1-3-32-17(28)7-15(12-5-11(21)6-13(22)18(12)29)26-16(27)9-24-19(30)10-4-14(23)20(31-2)25-8-10/h4-6,8,15,29H,3,7,9,23H2,1-2H3,(H,24,30)(H,26,27). The first-order valence-electron chi connectivity index (χ1n) is 9.36. The molecule has 0 bridgehead atoms. The number of nitrogens with one attached hydrogen (secondary N) is 2. The fraction of sp³-hybridized carbons (Fsp3) is 0.300. The number of nitrogens with two attached hydrogens (primary N) is 1. The van der Waals surface area contributed by atoms with Gasteiger partial charge in [-0.2, -0.15) is 0 Å². The molecule has 2 amide bonds. The van der Waals surface area contributed by atoms with Crippen LogP contribution in [0.25, 0.3) is 0 Å². The van der Waals surface area contributed by atoms with Crippen LogP contribution in [0, 0.1) is 0 Å². The molecule has 10 nitrogen and oxygen atoms in total. The molecule has 0 saturated carbocycles. The van der Waals surface area contributed by atoms with Crippen molar-refractivity contribution in [3.8, 4) is 11.6 Å². The lowest BCUT2D eigenvalue weighted by molar-refractivity contribution is -0.143. The molecule has 0 saturated heterocycles. The van der Waals surface area contributed by atoms with E-state index in [-0.39, 0.29) is 51.5 Å². The van der Waals surface area contributed by atoms with E-state index in [2.05, 4.69) is 15.6 Å². The van der Waals surface area contributed by atoms with Crippen LogP contribution in [-0.2, 0) is 14.3 Å². The molecule has 0 radical (unpaired) electrons. The number of amides is 2. The molecule has 0 aliphatic rings. The van der Waals surface area contributed by atoms with Crippen molar-refractivity contribution >= 4 is 46.7 Å². The van der Waals surface area contributed by atoms with Crippen LogP contribution in [0.15, 0.2) is 24.4 Å². The van der Waals surface area contributed by atoms with E-state index in [1.165, 1.54) is 31.5 Å². The van der Waals surface area contributed by atoms with Crippen LogP contribution in [-0.4, -0.2) is 48.1 Å². The van der Waals surface area contributed by atoms with Crippen LogP contribution in [0.3, 0.4) is 0 Å². The van der Waals surface area contributed by atoms with Gasteiger partial charge in [0.15, 0.2) is 0 Å². The Bertz CT molecular complexity index is 1020. The van der Waals surface area contributed by atoms with Gasteiger partial charge in [-0.3, -0.25) is 14.4 Å². The fourth-order valence-electron chi connectivity index (χ4n) is 2.75. The number of phenolic OH excluding ortho intramolecular Hbond substituents is 1. The van der Waals surface area contributed by atoms with Crippen LogP contribution in [0.1, 0.15) is 35.3 Å². The van der Waals surface area contributed by atoms with Gasteiger partial charge in [-0.05, 0) is 25.1 Å². The summed E-state index contributed by atoms with van der Waals surface area (Å²) in [4.78, 5) is 40.7. The second-order valence-corrected chi connectivity index (χ2v) is 7.30. The zero-order valence-electron chi connectivity index (χ0n) is 17.3. The minimum atomic E-state index is -1.01. The van der Waals surface area contributed by atoms with E-state index in [4.69, 9.17) is 38.4 Å². The third kappa shape index (κ3) is 6.63. The van der Waals surface area contributed by atoms with E-state index in [0.29, 0.717) is 0 Å². The molecule has 5 N–H and O–H groups in total. The average molecular weight is 485 g/mol. The maximum Gasteiger partial charge on any atom is 0.308 e. The zero-order chi connectivity index (χ0) is 23.8. The first-order valence-corrected chi connectivity index (χ1v) is 10.1. The number of halogens is 2. The van der Waals surface area contributed by atoms with Crippen LogP contribution >= 0.6 is 23.2 Å². The molecule has 1 aromatic carbocycles. The number of pyridine rings is 1. The molecule has 12 heteroatoms. The van der Waals surface area contributed by atoms with Crippen LogP contribution in [0.5, 0.6) is 11.6 Å². The number of aromatic hydroxyl groups is 1. The molecule has 0 fully saturated rings. The number of hydrogen-bond acceptors (Lipinski definition) is 8. The molecule has 1 unspecified atom stereocenters. The van der Waals surface area contributed by atoms with Gasteiger partial charge in [-0.25, -0.2) is 4.98 Å². The van der Waals surface area contributed by atoms with Gasteiger partial charge in [-0.1, -0.05) is 23.2 Å². The highest BCUT2D eigenvalue weighted by molar-refractivity contribution is 6.35. The highest BCUT2D eigenvalue weighted by Gasteiger charge is 2.24. The average Bonchev–Trinajstić information content (AvgIpc) is 2.74. The Morgan fingerprint density at radius 2 is 1.97 bits per heavy atom. The van der Waals surface area contributed by atoms with E-state index in [9.17, 15) is 19.5 Å². The summed E-state index contributed by atoms with van der Waals surface area (Å²) in [6.07, 6.45) is 0.953. The largest absolute Gasteiger partial charge is 0.506 e. The Kier molecular flexibility index (Phi) is 8.91. The molecule has 0 aliphatic heterocycles. The number of anilines is 1. The predicted octanol–water partition coefficient (Wildman–Crippen LogP) is 2.23. The summed E-state index contributed by atoms with van der Waals surface area (Å²) in [6, 6.07) is 3.04. The summed E-state index contributed by atoms with van der Waals surface area (Å²) in [5.41, 5.74) is 6.14. The lowest BCUT2D eigenvalue weighted by Crippen LogP contribution is -2.39. The SMILES string of the molecule is CCOC(=O)CC(NC(=O)CNC(=O)c1cnc(OC)c(N)c1)c1cc(Cl)cc(Cl)c1O. The molecule has 1 aromatic heterocycles. The first kappa shape index (κ1) is 25.0. The number of ether oxygens (including phenoxy) is 2. The number of nitrogen functional groups attached to an aromatic ring is 1. The van der Waals surface area contributed by atoms with Gasteiger partial charge in [0.2, 0.25) is 11.8 Å². The van der Waals surface area contributed by atoms with Crippen molar-refractivity contribution in [2.24, 2.45) is 0 Å². The van der Waals surface area contributed by atoms with Gasteiger partial charge in [-0.15, -0.1) is 0 Å². The van der Waals surface area contributed by atoms with Gasteiger partial charge < -0.3 is 30.9 Å². The number of aromatic nitrogens is 1. The van der Waals surface area contributed by atoms with Crippen molar-refractivity contribution in [1.29, 1.82) is 0 Å². The smallest absolute Gasteiger partial charge is 0.308 e. The second-order valence-electron chi connectivity index (χ2n) is 6.46. The number of hydrogen-bond donors (Lipinski definition) is 4. The molecular weight excluding hydrogens is 463 g/mol. The summed E-state index contributed by atoms with van der Waals surface area (Å²) in [7, 11) is 1.39. The Balaban J connectivity index is 2.12. The van der Waals surface area contributed by atoms with E-state index in [1.807, 2.05) is 0 Å². The zero-order valence-corrected chi connectivity index (χ0v) is 18.8.